The minimum absolute atomic E-state index is 0.190. The summed E-state index contributed by atoms with van der Waals surface area (Å²) in [6.45, 7) is 1.73. The van der Waals surface area contributed by atoms with Gasteiger partial charge in [0.05, 0.1) is 4.88 Å². The third-order valence-electron chi connectivity index (χ3n) is 2.99. The molecule has 3 amide bonds. The fourth-order valence-electron chi connectivity index (χ4n) is 1.98. The van der Waals surface area contributed by atoms with E-state index in [1.165, 1.54) is 11.3 Å². The molecule has 0 bridgehead atoms. The molecule has 0 aliphatic rings. The van der Waals surface area contributed by atoms with E-state index in [1.807, 2.05) is 11.4 Å². The van der Waals surface area contributed by atoms with Gasteiger partial charge in [-0.15, -0.1) is 11.3 Å². The highest BCUT2D eigenvalue weighted by atomic mass is 32.1. The first-order valence-electron chi connectivity index (χ1n) is 7.06. The van der Waals surface area contributed by atoms with Crippen LogP contribution in [0.4, 0.5) is 22.0 Å². The van der Waals surface area contributed by atoms with Crippen molar-refractivity contribution in [2.75, 3.05) is 16.0 Å². The second-order valence-corrected chi connectivity index (χ2v) is 5.86. The Morgan fingerprint density at radius 1 is 1.04 bits per heavy atom. The number of aryl methyl sites for hydroxylation is 1. The highest BCUT2D eigenvalue weighted by Gasteiger charge is 2.09. The van der Waals surface area contributed by atoms with Crippen LogP contribution in [-0.2, 0) is 0 Å². The topological polar surface area (TPSA) is 96.3 Å². The number of nitrogens with zero attached hydrogens (tertiary/aromatic N) is 1. The third kappa shape index (κ3) is 3.99. The van der Waals surface area contributed by atoms with E-state index in [9.17, 15) is 9.59 Å². The van der Waals surface area contributed by atoms with Crippen molar-refractivity contribution in [1.29, 1.82) is 0 Å². The molecule has 3 rings (SSSR count). The molecule has 3 N–H and O–H groups in total. The van der Waals surface area contributed by atoms with E-state index in [0.717, 1.165) is 0 Å². The number of carbonyl (C=O) groups excluding carboxylic acids is 2. The third-order valence-corrected chi connectivity index (χ3v) is 3.86. The van der Waals surface area contributed by atoms with Crippen LogP contribution in [0.2, 0.25) is 0 Å². The van der Waals surface area contributed by atoms with Gasteiger partial charge in [0.15, 0.2) is 5.82 Å². The van der Waals surface area contributed by atoms with Gasteiger partial charge in [-0.05, 0) is 36.6 Å². The number of urea groups is 1. The lowest BCUT2D eigenvalue weighted by Gasteiger charge is -2.08. The van der Waals surface area contributed by atoms with Gasteiger partial charge in [-0.2, -0.15) is 0 Å². The minimum Gasteiger partial charge on any atom is -0.360 e. The molecule has 0 radical (unpaired) electrons. The first-order valence-corrected chi connectivity index (χ1v) is 7.94. The molecule has 24 heavy (non-hydrogen) atoms. The van der Waals surface area contributed by atoms with Crippen LogP contribution in [0.5, 0.6) is 0 Å². The lowest BCUT2D eigenvalue weighted by atomic mass is 10.2. The molecule has 1 aromatic carbocycles. The smallest absolute Gasteiger partial charge is 0.324 e. The van der Waals surface area contributed by atoms with Crippen LogP contribution in [0.1, 0.15) is 15.4 Å². The van der Waals surface area contributed by atoms with Gasteiger partial charge < -0.3 is 15.2 Å². The predicted octanol–water partition coefficient (Wildman–Crippen LogP) is 3.94. The molecule has 0 saturated carbocycles. The average Bonchev–Trinajstić information content (AvgIpc) is 3.19. The molecule has 2 aromatic heterocycles. The van der Waals surface area contributed by atoms with Gasteiger partial charge in [-0.25, -0.2) is 4.79 Å². The summed E-state index contributed by atoms with van der Waals surface area (Å²) < 4.78 is 4.87. The number of benzene rings is 1. The Morgan fingerprint density at radius 2 is 1.83 bits per heavy atom. The Balaban J connectivity index is 1.62. The van der Waals surface area contributed by atoms with Crippen molar-refractivity contribution in [2.24, 2.45) is 0 Å². The Bertz CT molecular complexity index is 858. The monoisotopic (exact) mass is 342 g/mol. The van der Waals surface area contributed by atoms with Gasteiger partial charge in [0.25, 0.3) is 5.91 Å². The van der Waals surface area contributed by atoms with Crippen molar-refractivity contribution in [3.8, 4) is 0 Å². The highest BCUT2D eigenvalue weighted by molar-refractivity contribution is 7.12. The molecule has 0 atom stereocenters. The number of amides is 3. The molecule has 122 valence electrons. The first kappa shape index (κ1) is 15.8. The number of carbonyl (C=O) groups is 2. The van der Waals surface area contributed by atoms with Crippen LogP contribution in [0, 0.1) is 6.92 Å². The summed E-state index contributed by atoms with van der Waals surface area (Å²) >= 11 is 1.36. The number of thiophene rings is 1. The molecule has 3 aromatic rings. The Hall–Kier alpha value is -3.13. The lowest BCUT2D eigenvalue weighted by Crippen LogP contribution is -2.19. The zero-order chi connectivity index (χ0) is 16.9. The van der Waals surface area contributed by atoms with E-state index in [2.05, 4.69) is 21.1 Å². The SMILES string of the molecule is Cc1cc(NC(=O)Nc2cccc(NC(=O)c3cccs3)c2)no1. The summed E-state index contributed by atoms with van der Waals surface area (Å²) in [5.74, 6) is 0.736. The fourth-order valence-corrected chi connectivity index (χ4v) is 2.60. The Labute approximate surface area is 141 Å². The zero-order valence-corrected chi connectivity index (χ0v) is 13.5. The largest absolute Gasteiger partial charge is 0.360 e. The molecular weight excluding hydrogens is 328 g/mol. The molecular formula is C16H14N4O3S. The van der Waals surface area contributed by atoms with E-state index >= 15 is 0 Å². The van der Waals surface area contributed by atoms with Gasteiger partial charge >= 0.3 is 6.03 Å². The van der Waals surface area contributed by atoms with Crippen molar-refractivity contribution in [3.05, 3.63) is 58.5 Å². The summed E-state index contributed by atoms with van der Waals surface area (Å²) in [6, 6.07) is 11.6. The molecule has 0 unspecified atom stereocenters. The summed E-state index contributed by atoms with van der Waals surface area (Å²) in [7, 11) is 0. The van der Waals surface area contributed by atoms with E-state index in [1.54, 1.807) is 43.3 Å². The minimum atomic E-state index is -0.454. The average molecular weight is 342 g/mol. The summed E-state index contributed by atoms with van der Waals surface area (Å²) in [4.78, 5) is 24.6. The number of nitrogens with one attached hydrogen (secondary N) is 3. The maximum absolute atomic E-state index is 12.0. The van der Waals surface area contributed by atoms with E-state index < -0.39 is 6.03 Å². The van der Waals surface area contributed by atoms with Gasteiger partial charge in [-0.1, -0.05) is 17.3 Å². The van der Waals surface area contributed by atoms with Crippen molar-refractivity contribution in [2.45, 2.75) is 6.92 Å². The Kier molecular flexibility index (Phi) is 4.57. The van der Waals surface area contributed by atoms with Crippen LogP contribution in [-0.4, -0.2) is 17.1 Å². The second kappa shape index (κ2) is 6.97. The Morgan fingerprint density at radius 3 is 2.50 bits per heavy atom. The standard InChI is InChI=1S/C16H14N4O3S/c1-10-8-14(20-23-10)19-16(22)18-12-5-2-4-11(9-12)17-15(21)13-6-3-7-24-13/h2-9H,1H3,(H,17,21)(H2,18,19,20,22). The van der Waals surface area contributed by atoms with Gasteiger partial charge in [0.1, 0.15) is 5.76 Å². The zero-order valence-electron chi connectivity index (χ0n) is 12.7. The molecule has 8 heteroatoms. The van der Waals surface area contributed by atoms with Gasteiger partial charge in [-0.3, -0.25) is 10.1 Å². The molecule has 0 aliphatic carbocycles. The molecule has 0 fully saturated rings. The van der Waals surface area contributed by atoms with Crippen molar-refractivity contribution >= 4 is 40.5 Å². The fraction of sp³-hybridized carbons (Fsp3) is 0.0625. The molecule has 7 nitrogen and oxygen atoms in total. The van der Waals surface area contributed by atoms with E-state index in [-0.39, 0.29) is 5.91 Å². The predicted molar refractivity (Wildman–Crippen MR) is 92.6 cm³/mol. The molecule has 2 heterocycles. The van der Waals surface area contributed by atoms with E-state index in [4.69, 9.17) is 4.52 Å². The summed E-state index contributed by atoms with van der Waals surface area (Å²) in [6.07, 6.45) is 0. The van der Waals surface area contributed by atoms with Crippen LogP contribution >= 0.6 is 11.3 Å². The van der Waals surface area contributed by atoms with Crippen molar-refractivity contribution in [3.63, 3.8) is 0 Å². The number of hydrogen-bond donors (Lipinski definition) is 3. The maximum atomic E-state index is 12.0. The quantitative estimate of drug-likeness (QED) is 0.669. The summed E-state index contributed by atoms with van der Waals surface area (Å²) in [5, 5.41) is 13.5. The number of hydrogen-bond acceptors (Lipinski definition) is 5. The molecule has 0 saturated heterocycles. The molecule has 0 spiro atoms. The molecule has 0 aliphatic heterocycles. The van der Waals surface area contributed by atoms with Crippen LogP contribution < -0.4 is 16.0 Å². The second-order valence-electron chi connectivity index (χ2n) is 4.91. The number of rotatable bonds is 4. The number of anilines is 3. The maximum Gasteiger partial charge on any atom is 0.324 e. The first-order chi connectivity index (χ1) is 11.6. The highest BCUT2D eigenvalue weighted by Crippen LogP contribution is 2.18. The van der Waals surface area contributed by atoms with Crippen LogP contribution in [0.15, 0.2) is 52.4 Å². The van der Waals surface area contributed by atoms with Crippen molar-refractivity contribution in [1.82, 2.24) is 5.16 Å². The lowest BCUT2D eigenvalue weighted by molar-refractivity contribution is 0.103. The van der Waals surface area contributed by atoms with Gasteiger partial charge in [0.2, 0.25) is 0 Å². The normalized spacial score (nSPS) is 10.2. The number of aromatic nitrogens is 1. The van der Waals surface area contributed by atoms with Crippen molar-refractivity contribution < 1.29 is 14.1 Å². The van der Waals surface area contributed by atoms with Crippen LogP contribution in [0.3, 0.4) is 0 Å². The van der Waals surface area contributed by atoms with Gasteiger partial charge in [0, 0.05) is 17.4 Å². The summed E-state index contributed by atoms with van der Waals surface area (Å²) in [5.41, 5.74) is 1.13. The van der Waals surface area contributed by atoms with E-state index in [0.29, 0.717) is 27.8 Å². The van der Waals surface area contributed by atoms with Crippen LogP contribution in [0.25, 0.3) is 0 Å².